The van der Waals surface area contributed by atoms with E-state index in [0.717, 1.165) is 0 Å². The van der Waals surface area contributed by atoms with Crippen LogP contribution in [0.25, 0.3) is 0 Å². The van der Waals surface area contributed by atoms with Crippen molar-refractivity contribution in [2.75, 3.05) is 13.7 Å². The van der Waals surface area contributed by atoms with E-state index in [1.165, 1.54) is 25.7 Å². The van der Waals surface area contributed by atoms with Crippen molar-refractivity contribution in [1.82, 2.24) is 5.32 Å². The first-order valence-electron chi connectivity index (χ1n) is 4.51. The highest BCUT2D eigenvalue weighted by Crippen LogP contribution is 2.40. The van der Waals surface area contributed by atoms with Gasteiger partial charge in [-0.05, 0) is 25.3 Å². The molecule has 0 aromatic rings. The van der Waals surface area contributed by atoms with Crippen LogP contribution >= 0.6 is 0 Å². The van der Waals surface area contributed by atoms with Crippen LogP contribution in [0.1, 0.15) is 32.6 Å². The van der Waals surface area contributed by atoms with E-state index in [2.05, 4.69) is 12.2 Å². The lowest BCUT2D eigenvalue weighted by Gasteiger charge is -2.32. The molecule has 0 aromatic carbocycles. The molecule has 1 aliphatic rings. The summed E-state index contributed by atoms with van der Waals surface area (Å²) in [6, 6.07) is 0.296. The Labute approximate surface area is 69.0 Å². The minimum Gasteiger partial charge on any atom is -0.395 e. The van der Waals surface area contributed by atoms with Crippen LogP contribution in [-0.2, 0) is 0 Å². The van der Waals surface area contributed by atoms with Gasteiger partial charge in [-0.25, -0.2) is 0 Å². The van der Waals surface area contributed by atoms with Crippen molar-refractivity contribution in [2.45, 2.75) is 38.6 Å². The van der Waals surface area contributed by atoms with Gasteiger partial charge in [-0.2, -0.15) is 0 Å². The number of aliphatic hydroxyl groups is 1. The molecule has 2 N–H and O–H groups in total. The molecule has 2 heteroatoms. The molecule has 11 heavy (non-hydrogen) atoms. The van der Waals surface area contributed by atoms with Crippen molar-refractivity contribution in [3.05, 3.63) is 0 Å². The second kappa shape index (κ2) is 3.55. The maximum atomic E-state index is 9.09. The monoisotopic (exact) mass is 157 g/mol. The largest absolute Gasteiger partial charge is 0.395 e. The predicted octanol–water partition coefficient (Wildman–Crippen LogP) is 1.15. The minimum absolute atomic E-state index is 0.271. The van der Waals surface area contributed by atoms with Crippen LogP contribution in [0.5, 0.6) is 0 Å². The molecule has 1 rings (SSSR count). The molecule has 0 heterocycles. The summed E-state index contributed by atoms with van der Waals surface area (Å²) in [6.45, 7) is 2.55. The highest BCUT2D eigenvalue weighted by Gasteiger charge is 2.35. The highest BCUT2D eigenvalue weighted by atomic mass is 16.3. The number of nitrogens with one attached hydrogen (secondary N) is 1. The quantitative estimate of drug-likeness (QED) is 0.644. The van der Waals surface area contributed by atoms with Crippen LogP contribution in [0.15, 0.2) is 0 Å². The summed E-state index contributed by atoms with van der Waals surface area (Å²) in [5, 5.41) is 12.3. The average Bonchev–Trinajstić information content (AvgIpc) is 2.39. The van der Waals surface area contributed by atoms with Crippen LogP contribution < -0.4 is 5.32 Å². The fraction of sp³-hybridized carbons (Fsp3) is 1.00. The van der Waals surface area contributed by atoms with Crippen molar-refractivity contribution in [3.8, 4) is 0 Å². The maximum Gasteiger partial charge on any atom is 0.0589 e. The SMILES string of the molecule is CNC(CO)C1(C)CCCC1. The standard InChI is InChI=1S/C9H19NO/c1-9(5-3-4-6-9)8(7-11)10-2/h8,10-11H,3-7H2,1-2H3. The van der Waals surface area contributed by atoms with Gasteiger partial charge in [0.1, 0.15) is 0 Å². The Balaban J connectivity index is 2.53. The van der Waals surface area contributed by atoms with Crippen molar-refractivity contribution in [1.29, 1.82) is 0 Å². The van der Waals surface area contributed by atoms with Crippen LogP contribution in [-0.4, -0.2) is 24.8 Å². The second-order valence-electron chi connectivity index (χ2n) is 3.88. The maximum absolute atomic E-state index is 9.09. The second-order valence-corrected chi connectivity index (χ2v) is 3.88. The summed E-state index contributed by atoms with van der Waals surface area (Å²) in [5.41, 5.74) is 0.351. The average molecular weight is 157 g/mol. The molecule has 0 bridgehead atoms. The zero-order chi connectivity index (χ0) is 8.32. The summed E-state index contributed by atoms with van der Waals surface area (Å²) in [7, 11) is 1.93. The molecule has 1 fully saturated rings. The van der Waals surface area contributed by atoms with Gasteiger partial charge >= 0.3 is 0 Å². The van der Waals surface area contributed by atoms with Crippen molar-refractivity contribution >= 4 is 0 Å². The zero-order valence-corrected chi connectivity index (χ0v) is 7.56. The van der Waals surface area contributed by atoms with E-state index in [1.54, 1.807) is 0 Å². The molecule has 0 radical (unpaired) electrons. The van der Waals surface area contributed by atoms with Crippen molar-refractivity contribution < 1.29 is 5.11 Å². The Kier molecular flexibility index (Phi) is 2.90. The first-order valence-corrected chi connectivity index (χ1v) is 4.51. The Morgan fingerprint density at radius 2 is 2.00 bits per heavy atom. The molecule has 1 atom stereocenters. The first-order chi connectivity index (χ1) is 5.23. The normalized spacial score (nSPS) is 25.4. The molecule has 0 saturated heterocycles. The fourth-order valence-electron chi connectivity index (χ4n) is 2.19. The molecule has 1 aliphatic carbocycles. The van der Waals surface area contributed by atoms with E-state index in [1.807, 2.05) is 7.05 Å². The lowest BCUT2D eigenvalue weighted by atomic mass is 9.81. The van der Waals surface area contributed by atoms with E-state index in [9.17, 15) is 0 Å². The van der Waals surface area contributed by atoms with Gasteiger partial charge in [0.25, 0.3) is 0 Å². The summed E-state index contributed by atoms with van der Waals surface area (Å²) >= 11 is 0. The first kappa shape index (κ1) is 9.01. The molecule has 66 valence electrons. The summed E-state index contributed by atoms with van der Waals surface area (Å²) in [4.78, 5) is 0. The molecular formula is C9H19NO. The molecule has 0 amide bonds. The van der Waals surface area contributed by atoms with Gasteiger partial charge in [0.2, 0.25) is 0 Å². The van der Waals surface area contributed by atoms with Crippen LogP contribution in [0.3, 0.4) is 0 Å². The summed E-state index contributed by atoms with van der Waals surface area (Å²) in [6.07, 6.45) is 5.18. The highest BCUT2D eigenvalue weighted by molar-refractivity contribution is 4.90. The van der Waals surface area contributed by atoms with E-state index >= 15 is 0 Å². The van der Waals surface area contributed by atoms with Crippen molar-refractivity contribution in [3.63, 3.8) is 0 Å². The predicted molar refractivity (Wildman–Crippen MR) is 46.5 cm³/mol. The molecule has 1 saturated carbocycles. The van der Waals surface area contributed by atoms with Gasteiger partial charge in [0.05, 0.1) is 6.61 Å². The third-order valence-electron chi connectivity index (χ3n) is 3.12. The third-order valence-corrected chi connectivity index (χ3v) is 3.12. The number of aliphatic hydroxyl groups excluding tert-OH is 1. The zero-order valence-electron chi connectivity index (χ0n) is 7.56. The van der Waals surface area contributed by atoms with Gasteiger partial charge in [-0.1, -0.05) is 19.8 Å². The van der Waals surface area contributed by atoms with Gasteiger partial charge < -0.3 is 10.4 Å². The smallest absolute Gasteiger partial charge is 0.0589 e. The summed E-state index contributed by atoms with van der Waals surface area (Å²) in [5.74, 6) is 0. The van der Waals surface area contributed by atoms with Gasteiger partial charge in [-0.15, -0.1) is 0 Å². The number of rotatable bonds is 3. The van der Waals surface area contributed by atoms with E-state index in [0.29, 0.717) is 11.5 Å². The minimum atomic E-state index is 0.271. The molecule has 0 aromatic heterocycles. The molecule has 0 aliphatic heterocycles. The van der Waals surface area contributed by atoms with Crippen molar-refractivity contribution in [2.24, 2.45) is 5.41 Å². The number of hydrogen-bond donors (Lipinski definition) is 2. The van der Waals surface area contributed by atoms with Gasteiger partial charge in [-0.3, -0.25) is 0 Å². The molecule has 2 nitrogen and oxygen atoms in total. The Bertz CT molecular complexity index is 115. The fourth-order valence-corrected chi connectivity index (χ4v) is 2.19. The van der Waals surface area contributed by atoms with E-state index in [4.69, 9.17) is 5.11 Å². The Morgan fingerprint density at radius 1 is 1.45 bits per heavy atom. The Morgan fingerprint density at radius 3 is 2.36 bits per heavy atom. The van der Waals surface area contributed by atoms with Gasteiger partial charge in [0.15, 0.2) is 0 Å². The van der Waals surface area contributed by atoms with Crippen LogP contribution in [0.2, 0.25) is 0 Å². The molecule has 0 spiro atoms. The van der Waals surface area contributed by atoms with Gasteiger partial charge in [0, 0.05) is 6.04 Å². The van der Waals surface area contributed by atoms with Crippen LogP contribution in [0.4, 0.5) is 0 Å². The number of likely N-dealkylation sites (N-methyl/N-ethyl adjacent to an activating group) is 1. The van der Waals surface area contributed by atoms with E-state index in [-0.39, 0.29) is 6.61 Å². The third kappa shape index (κ3) is 1.74. The topological polar surface area (TPSA) is 32.3 Å². The molecule has 1 unspecified atom stereocenters. The lowest BCUT2D eigenvalue weighted by molar-refractivity contribution is 0.142. The lowest BCUT2D eigenvalue weighted by Crippen LogP contribution is -2.42. The van der Waals surface area contributed by atoms with Crippen LogP contribution in [0, 0.1) is 5.41 Å². The van der Waals surface area contributed by atoms with E-state index < -0.39 is 0 Å². The number of hydrogen-bond acceptors (Lipinski definition) is 2. The molecular weight excluding hydrogens is 138 g/mol. The Hall–Kier alpha value is -0.0800. The summed E-state index contributed by atoms with van der Waals surface area (Å²) < 4.78 is 0.